The number of piperazine rings is 1. The molecule has 1 aliphatic rings. The maximum atomic E-state index is 11.5. The summed E-state index contributed by atoms with van der Waals surface area (Å²) in [7, 11) is 0. The molecule has 1 saturated heterocycles. The lowest BCUT2D eigenvalue weighted by atomic mass is 10.2. The SMILES string of the molecule is CC(C)OC(=O)CCCN=C(N)N1CCN(c2ccc(Cl)cc2)CC1. The minimum atomic E-state index is -0.180. The van der Waals surface area contributed by atoms with E-state index in [2.05, 4.69) is 14.8 Å². The Labute approximate surface area is 154 Å². The van der Waals surface area contributed by atoms with Crippen molar-refractivity contribution in [2.75, 3.05) is 37.6 Å². The molecular formula is C18H27ClN4O2. The van der Waals surface area contributed by atoms with Crippen molar-refractivity contribution in [3.8, 4) is 0 Å². The highest BCUT2D eigenvalue weighted by Crippen LogP contribution is 2.19. The van der Waals surface area contributed by atoms with Crippen molar-refractivity contribution >= 4 is 29.2 Å². The Morgan fingerprint density at radius 3 is 2.48 bits per heavy atom. The van der Waals surface area contributed by atoms with E-state index in [9.17, 15) is 4.79 Å². The largest absolute Gasteiger partial charge is 0.463 e. The average Bonchev–Trinajstić information content (AvgIpc) is 2.59. The zero-order chi connectivity index (χ0) is 18.2. The van der Waals surface area contributed by atoms with Gasteiger partial charge in [-0.3, -0.25) is 9.79 Å². The van der Waals surface area contributed by atoms with Gasteiger partial charge in [-0.15, -0.1) is 0 Å². The lowest BCUT2D eigenvalue weighted by Gasteiger charge is -2.36. The number of benzene rings is 1. The van der Waals surface area contributed by atoms with Gasteiger partial charge in [0.1, 0.15) is 0 Å². The number of nitrogens with two attached hydrogens (primary N) is 1. The molecule has 138 valence electrons. The Bertz CT molecular complexity index is 581. The smallest absolute Gasteiger partial charge is 0.306 e. The molecule has 2 N–H and O–H groups in total. The molecule has 0 aliphatic carbocycles. The molecule has 0 unspecified atom stereocenters. The molecule has 0 aromatic heterocycles. The second-order valence-electron chi connectivity index (χ2n) is 6.33. The Kier molecular flexibility index (Phi) is 7.37. The molecule has 25 heavy (non-hydrogen) atoms. The molecule has 0 radical (unpaired) electrons. The Hall–Kier alpha value is -1.95. The monoisotopic (exact) mass is 366 g/mol. The van der Waals surface area contributed by atoms with Gasteiger partial charge in [-0.2, -0.15) is 0 Å². The average molecular weight is 367 g/mol. The summed E-state index contributed by atoms with van der Waals surface area (Å²) in [5.74, 6) is 0.369. The van der Waals surface area contributed by atoms with E-state index in [-0.39, 0.29) is 12.1 Å². The van der Waals surface area contributed by atoms with E-state index in [1.807, 2.05) is 38.1 Å². The minimum absolute atomic E-state index is 0.0713. The number of ether oxygens (including phenoxy) is 1. The maximum absolute atomic E-state index is 11.5. The van der Waals surface area contributed by atoms with E-state index in [1.165, 1.54) is 5.69 Å². The van der Waals surface area contributed by atoms with E-state index >= 15 is 0 Å². The van der Waals surface area contributed by atoms with Crippen LogP contribution in [0.4, 0.5) is 5.69 Å². The highest BCUT2D eigenvalue weighted by Gasteiger charge is 2.18. The summed E-state index contributed by atoms with van der Waals surface area (Å²) in [5.41, 5.74) is 7.24. The first-order valence-corrected chi connectivity index (χ1v) is 9.08. The molecular weight excluding hydrogens is 340 g/mol. The molecule has 0 spiro atoms. The minimum Gasteiger partial charge on any atom is -0.463 e. The van der Waals surface area contributed by atoms with Crippen molar-refractivity contribution in [1.82, 2.24) is 4.90 Å². The van der Waals surface area contributed by atoms with Gasteiger partial charge < -0.3 is 20.3 Å². The van der Waals surface area contributed by atoms with Crippen LogP contribution < -0.4 is 10.6 Å². The number of aliphatic imine (C=N–C) groups is 1. The number of hydrogen-bond acceptors (Lipinski definition) is 4. The summed E-state index contributed by atoms with van der Waals surface area (Å²) >= 11 is 5.93. The first kappa shape index (κ1) is 19.4. The third kappa shape index (κ3) is 6.46. The van der Waals surface area contributed by atoms with Crippen LogP contribution >= 0.6 is 11.6 Å². The summed E-state index contributed by atoms with van der Waals surface area (Å²) < 4.78 is 5.09. The van der Waals surface area contributed by atoms with Crippen molar-refractivity contribution in [3.05, 3.63) is 29.3 Å². The van der Waals surface area contributed by atoms with Gasteiger partial charge in [-0.05, 0) is 44.5 Å². The molecule has 2 rings (SSSR count). The third-order valence-electron chi connectivity index (χ3n) is 3.98. The number of guanidine groups is 1. The van der Waals surface area contributed by atoms with E-state index in [4.69, 9.17) is 22.1 Å². The number of hydrogen-bond donors (Lipinski definition) is 1. The number of nitrogens with zero attached hydrogens (tertiary/aromatic N) is 3. The van der Waals surface area contributed by atoms with Gasteiger partial charge in [0.2, 0.25) is 0 Å². The number of halogens is 1. The summed E-state index contributed by atoms with van der Waals surface area (Å²) in [5, 5.41) is 0.746. The van der Waals surface area contributed by atoms with Crippen molar-refractivity contribution < 1.29 is 9.53 Å². The van der Waals surface area contributed by atoms with Gasteiger partial charge in [0.25, 0.3) is 0 Å². The highest BCUT2D eigenvalue weighted by molar-refractivity contribution is 6.30. The molecule has 6 nitrogen and oxygen atoms in total. The molecule has 0 amide bonds. The summed E-state index contributed by atoms with van der Waals surface area (Å²) in [6, 6.07) is 7.88. The molecule has 1 aromatic carbocycles. The van der Waals surface area contributed by atoms with Crippen LogP contribution in [0.1, 0.15) is 26.7 Å². The highest BCUT2D eigenvalue weighted by atomic mass is 35.5. The Morgan fingerprint density at radius 1 is 1.24 bits per heavy atom. The zero-order valence-electron chi connectivity index (χ0n) is 14.9. The number of anilines is 1. The van der Waals surface area contributed by atoms with Gasteiger partial charge in [-0.25, -0.2) is 0 Å². The molecule has 0 bridgehead atoms. The lowest BCUT2D eigenvalue weighted by molar-refractivity contribution is -0.147. The molecule has 1 aromatic rings. The number of carbonyl (C=O) groups is 1. The predicted octanol–water partition coefficient (Wildman–Crippen LogP) is 2.51. The lowest BCUT2D eigenvalue weighted by Crippen LogP contribution is -2.51. The van der Waals surface area contributed by atoms with Crippen LogP contribution in [0.25, 0.3) is 0 Å². The van der Waals surface area contributed by atoms with Gasteiger partial charge >= 0.3 is 5.97 Å². The predicted molar refractivity (Wildman–Crippen MR) is 102 cm³/mol. The summed E-state index contributed by atoms with van der Waals surface area (Å²) in [6.45, 7) is 7.66. The summed E-state index contributed by atoms with van der Waals surface area (Å²) in [4.78, 5) is 20.2. The van der Waals surface area contributed by atoms with E-state index in [1.54, 1.807) is 0 Å². The number of rotatable bonds is 6. The van der Waals surface area contributed by atoms with Crippen LogP contribution in [0.3, 0.4) is 0 Å². The molecule has 1 aliphatic heterocycles. The third-order valence-corrected chi connectivity index (χ3v) is 4.23. The normalized spacial score (nSPS) is 15.6. The summed E-state index contributed by atoms with van der Waals surface area (Å²) in [6.07, 6.45) is 0.953. The second-order valence-corrected chi connectivity index (χ2v) is 6.77. The van der Waals surface area contributed by atoms with Crippen molar-refractivity contribution in [3.63, 3.8) is 0 Å². The van der Waals surface area contributed by atoms with Gasteiger partial charge in [0.15, 0.2) is 5.96 Å². The van der Waals surface area contributed by atoms with E-state index in [0.29, 0.717) is 25.3 Å². The van der Waals surface area contributed by atoms with Crippen LogP contribution in [0.2, 0.25) is 5.02 Å². The second kappa shape index (κ2) is 9.51. The van der Waals surface area contributed by atoms with Crippen molar-refractivity contribution in [2.45, 2.75) is 32.8 Å². The quantitative estimate of drug-likeness (QED) is 0.362. The van der Waals surface area contributed by atoms with Crippen molar-refractivity contribution in [1.29, 1.82) is 0 Å². The van der Waals surface area contributed by atoms with Gasteiger partial charge in [-0.1, -0.05) is 11.6 Å². The Balaban J connectivity index is 1.72. The van der Waals surface area contributed by atoms with Gasteiger partial charge in [0.05, 0.1) is 6.10 Å². The zero-order valence-corrected chi connectivity index (χ0v) is 15.7. The fourth-order valence-electron chi connectivity index (χ4n) is 2.68. The fourth-order valence-corrected chi connectivity index (χ4v) is 2.81. The molecule has 7 heteroatoms. The van der Waals surface area contributed by atoms with E-state index in [0.717, 1.165) is 31.2 Å². The van der Waals surface area contributed by atoms with Crippen LogP contribution in [0.5, 0.6) is 0 Å². The number of carbonyl (C=O) groups excluding carboxylic acids is 1. The van der Waals surface area contributed by atoms with Crippen LogP contribution in [0, 0.1) is 0 Å². The topological polar surface area (TPSA) is 71.2 Å². The first-order valence-electron chi connectivity index (χ1n) is 8.70. The first-order chi connectivity index (χ1) is 12.0. The van der Waals surface area contributed by atoms with Crippen LogP contribution in [0.15, 0.2) is 29.3 Å². The Morgan fingerprint density at radius 2 is 1.88 bits per heavy atom. The molecule has 0 saturated carbocycles. The fraction of sp³-hybridized carbons (Fsp3) is 0.556. The molecule has 1 heterocycles. The maximum Gasteiger partial charge on any atom is 0.306 e. The van der Waals surface area contributed by atoms with Gasteiger partial charge in [0, 0.05) is 49.9 Å². The molecule has 0 atom stereocenters. The molecule has 1 fully saturated rings. The number of esters is 1. The van der Waals surface area contributed by atoms with Crippen molar-refractivity contribution in [2.24, 2.45) is 10.7 Å². The van der Waals surface area contributed by atoms with E-state index < -0.39 is 0 Å². The van der Waals surface area contributed by atoms with Crippen LogP contribution in [-0.4, -0.2) is 55.7 Å². The van der Waals surface area contributed by atoms with Crippen LogP contribution in [-0.2, 0) is 9.53 Å². The standard InChI is InChI=1S/C18H27ClN4O2/c1-14(2)25-17(24)4-3-9-21-18(20)23-12-10-22(11-13-23)16-7-5-15(19)6-8-16/h5-8,14H,3-4,9-13H2,1-2H3,(H2,20,21).